The summed E-state index contributed by atoms with van der Waals surface area (Å²) in [5.41, 5.74) is 3.84. The van der Waals surface area contributed by atoms with Crippen LogP contribution in [0.3, 0.4) is 0 Å². The molecule has 128 valence electrons. The van der Waals surface area contributed by atoms with Crippen LogP contribution in [0.4, 0.5) is 10.6 Å². The van der Waals surface area contributed by atoms with E-state index in [4.69, 9.17) is 9.47 Å². The Kier molecular flexibility index (Phi) is 4.07. The number of fused-ring (bicyclic) bond motifs is 1. The van der Waals surface area contributed by atoms with E-state index in [2.05, 4.69) is 15.3 Å². The van der Waals surface area contributed by atoms with Crippen molar-refractivity contribution in [2.75, 3.05) is 18.5 Å². The number of ether oxygens (including phenoxy) is 2. The second-order valence-corrected chi connectivity index (χ2v) is 6.01. The molecule has 0 aromatic carbocycles. The lowest BCUT2D eigenvalue weighted by molar-refractivity contribution is 0.0931. The third-order valence-electron chi connectivity index (χ3n) is 4.07. The van der Waals surface area contributed by atoms with Crippen molar-refractivity contribution in [3.05, 3.63) is 48.5 Å². The standard InChI is InChI=1S/C18H18N4O3/c1-12-8-13(4-6-19-12)14-2-3-17-20-16(10-22(17)9-14)21-18(23)25-15-5-7-24-11-15/h2-4,6,8-10,15H,5,7,11H2,1H3,(H,21,23). The second kappa shape index (κ2) is 6.52. The molecule has 4 heterocycles. The Labute approximate surface area is 144 Å². The summed E-state index contributed by atoms with van der Waals surface area (Å²) in [6.07, 6.45) is 5.56. The molecular weight excluding hydrogens is 320 g/mol. The zero-order valence-electron chi connectivity index (χ0n) is 13.8. The maximum absolute atomic E-state index is 11.9. The number of rotatable bonds is 3. The van der Waals surface area contributed by atoms with Gasteiger partial charge in [0.05, 0.1) is 19.4 Å². The minimum atomic E-state index is -0.510. The van der Waals surface area contributed by atoms with Gasteiger partial charge in [0, 0.05) is 24.5 Å². The molecule has 4 rings (SSSR count). The van der Waals surface area contributed by atoms with Gasteiger partial charge in [-0.2, -0.15) is 0 Å². The highest BCUT2D eigenvalue weighted by Gasteiger charge is 2.20. The fourth-order valence-electron chi connectivity index (χ4n) is 2.84. The Morgan fingerprint density at radius 2 is 2.24 bits per heavy atom. The first kappa shape index (κ1) is 15.6. The summed E-state index contributed by atoms with van der Waals surface area (Å²) in [5.74, 6) is 0.451. The lowest BCUT2D eigenvalue weighted by atomic mass is 10.1. The number of hydrogen-bond acceptors (Lipinski definition) is 5. The number of pyridine rings is 2. The number of aromatic nitrogens is 3. The van der Waals surface area contributed by atoms with Crippen molar-refractivity contribution < 1.29 is 14.3 Å². The smallest absolute Gasteiger partial charge is 0.413 e. The van der Waals surface area contributed by atoms with Gasteiger partial charge in [0.25, 0.3) is 0 Å². The molecule has 0 spiro atoms. The number of carbonyl (C=O) groups is 1. The third kappa shape index (κ3) is 3.46. The van der Waals surface area contributed by atoms with E-state index < -0.39 is 6.09 Å². The quantitative estimate of drug-likeness (QED) is 0.794. The van der Waals surface area contributed by atoms with E-state index in [9.17, 15) is 4.79 Å². The summed E-state index contributed by atoms with van der Waals surface area (Å²) < 4.78 is 12.4. The molecular formula is C18H18N4O3. The molecule has 1 saturated heterocycles. The van der Waals surface area contributed by atoms with Gasteiger partial charge in [-0.3, -0.25) is 10.3 Å². The van der Waals surface area contributed by atoms with E-state index in [0.29, 0.717) is 19.0 Å². The SMILES string of the molecule is Cc1cc(-c2ccc3nc(NC(=O)OC4CCOC4)cn3c2)ccn1. The largest absolute Gasteiger partial charge is 0.443 e. The van der Waals surface area contributed by atoms with Gasteiger partial charge in [0.2, 0.25) is 0 Å². The van der Waals surface area contributed by atoms with Crippen molar-refractivity contribution >= 4 is 17.6 Å². The molecule has 1 aliphatic heterocycles. The highest BCUT2D eigenvalue weighted by Crippen LogP contribution is 2.21. The summed E-state index contributed by atoms with van der Waals surface area (Å²) in [7, 11) is 0. The minimum absolute atomic E-state index is 0.182. The van der Waals surface area contributed by atoms with Gasteiger partial charge in [-0.1, -0.05) is 0 Å². The van der Waals surface area contributed by atoms with Crippen LogP contribution in [0.1, 0.15) is 12.1 Å². The van der Waals surface area contributed by atoms with E-state index in [1.807, 2.05) is 41.8 Å². The Balaban J connectivity index is 1.52. The fraction of sp³-hybridized carbons (Fsp3) is 0.278. The average Bonchev–Trinajstić information content (AvgIpc) is 3.22. The summed E-state index contributed by atoms with van der Waals surface area (Å²) in [6.45, 7) is 3.04. The summed E-state index contributed by atoms with van der Waals surface area (Å²) in [5, 5.41) is 2.67. The van der Waals surface area contributed by atoms with Gasteiger partial charge in [0.1, 0.15) is 11.8 Å². The van der Waals surface area contributed by atoms with Crippen LogP contribution in [-0.4, -0.2) is 39.8 Å². The molecule has 1 amide bonds. The Bertz CT molecular complexity index is 916. The predicted octanol–water partition coefficient (Wildman–Crippen LogP) is 3.04. The zero-order chi connectivity index (χ0) is 17.2. The summed E-state index contributed by atoms with van der Waals surface area (Å²) in [6, 6.07) is 7.89. The molecule has 1 unspecified atom stereocenters. The molecule has 7 heteroatoms. The Morgan fingerprint density at radius 3 is 3.04 bits per heavy atom. The van der Waals surface area contributed by atoms with Crippen molar-refractivity contribution in [1.29, 1.82) is 0 Å². The molecule has 1 fully saturated rings. The Hall–Kier alpha value is -2.93. The topological polar surface area (TPSA) is 77.8 Å². The number of hydrogen-bond donors (Lipinski definition) is 1. The first-order chi connectivity index (χ1) is 12.2. The monoisotopic (exact) mass is 338 g/mol. The van der Waals surface area contributed by atoms with Crippen LogP contribution in [0.2, 0.25) is 0 Å². The van der Waals surface area contributed by atoms with Crippen molar-refractivity contribution in [1.82, 2.24) is 14.4 Å². The zero-order valence-corrected chi connectivity index (χ0v) is 13.8. The maximum atomic E-state index is 11.9. The number of nitrogens with one attached hydrogen (secondary N) is 1. The van der Waals surface area contributed by atoms with Gasteiger partial charge in [0.15, 0.2) is 5.82 Å². The van der Waals surface area contributed by atoms with E-state index >= 15 is 0 Å². The fourth-order valence-corrected chi connectivity index (χ4v) is 2.84. The summed E-state index contributed by atoms with van der Waals surface area (Å²) >= 11 is 0. The molecule has 3 aromatic rings. The highest BCUT2D eigenvalue weighted by atomic mass is 16.6. The van der Waals surface area contributed by atoms with E-state index in [-0.39, 0.29) is 6.10 Å². The van der Waals surface area contributed by atoms with Crippen molar-refractivity contribution in [2.24, 2.45) is 0 Å². The molecule has 1 N–H and O–H groups in total. The number of aryl methyl sites for hydroxylation is 1. The number of anilines is 1. The van der Waals surface area contributed by atoms with Gasteiger partial charge in [-0.05, 0) is 42.3 Å². The van der Waals surface area contributed by atoms with Crippen LogP contribution < -0.4 is 5.32 Å². The van der Waals surface area contributed by atoms with Gasteiger partial charge < -0.3 is 13.9 Å². The number of carbonyl (C=O) groups excluding carboxylic acids is 1. The lowest BCUT2D eigenvalue weighted by Gasteiger charge is -2.09. The molecule has 1 aliphatic rings. The van der Waals surface area contributed by atoms with Crippen LogP contribution in [0.5, 0.6) is 0 Å². The third-order valence-corrected chi connectivity index (χ3v) is 4.07. The van der Waals surface area contributed by atoms with Crippen LogP contribution in [0.25, 0.3) is 16.8 Å². The van der Waals surface area contributed by atoms with Crippen LogP contribution >= 0.6 is 0 Å². The summed E-state index contributed by atoms with van der Waals surface area (Å²) in [4.78, 5) is 20.5. The van der Waals surface area contributed by atoms with Crippen LogP contribution in [-0.2, 0) is 9.47 Å². The van der Waals surface area contributed by atoms with E-state index in [1.165, 1.54) is 0 Å². The lowest BCUT2D eigenvalue weighted by Crippen LogP contribution is -2.22. The normalized spacial score (nSPS) is 16.9. The predicted molar refractivity (Wildman–Crippen MR) is 92.5 cm³/mol. The molecule has 0 radical (unpaired) electrons. The number of nitrogens with zero attached hydrogens (tertiary/aromatic N) is 3. The van der Waals surface area contributed by atoms with Gasteiger partial charge >= 0.3 is 6.09 Å². The van der Waals surface area contributed by atoms with Gasteiger partial charge in [-0.15, -0.1) is 0 Å². The first-order valence-electron chi connectivity index (χ1n) is 8.14. The molecule has 0 aliphatic carbocycles. The van der Waals surface area contributed by atoms with Crippen molar-refractivity contribution in [3.63, 3.8) is 0 Å². The minimum Gasteiger partial charge on any atom is -0.443 e. The van der Waals surface area contributed by atoms with Crippen molar-refractivity contribution in [2.45, 2.75) is 19.4 Å². The molecule has 25 heavy (non-hydrogen) atoms. The number of amides is 1. The van der Waals surface area contributed by atoms with Gasteiger partial charge in [-0.25, -0.2) is 9.78 Å². The van der Waals surface area contributed by atoms with Crippen LogP contribution in [0.15, 0.2) is 42.9 Å². The average molecular weight is 338 g/mol. The highest BCUT2D eigenvalue weighted by molar-refractivity contribution is 5.84. The first-order valence-corrected chi connectivity index (χ1v) is 8.14. The van der Waals surface area contributed by atoms with E-state index in [0.717, 1.165) is 28.9 Å². The molecule has 7 nitrogen and oxygen atoms in total. The maximum Gasteiger partial charge on any atom is 0.413 e. The second-order valence-electron chi connectivity index (χ2n) is 6.01. The van der Waals surface area contributed by atoms with Crippen LogP contribution in [0, 0.1) is 6.92 Å². The number of imidazole rings is 1. The van der Waals surface area contributed by atoms with Crippen molar-refractivity contribution in [3.8, 4) is 11.1 Å². The molecule has 0 saturated carbocycles. The Morgan fingerprint density at radius 1 is 1.32 bits per heavy atom. The molecule has 1 atom stereocenters. The molecule has 3 aromatic heterocycles. The molecule has 0 bridgehead atoms. The van der Waals surface area contributed by atoms with E-state index in [1.54, 1.807) is 12.4 Å².